The molecule has 0 saturated heterocycles. The van der Waals surface area contributed by atoms with Crippen LogP contribution in [0.2, 0.25) is 0 Å². The van der Waals surface area contributed by atoms with Gasteiger partial charge in [-0.1, -0.05) is 6.07 Å². The molecule has 0 fully saturated rings. The number of nitrogens with zero attached hydrogens (tertiary/aromatic N) is 4. The van der Waals surface area contributed by atoms with Crippen LogP contribution in [0.4, 0.5) is 0 Å². The van der Waals surface area contributed by atoms with Crippen molar-refractivity contribution in [1.29, 1.82) is 0 Å². The van der Waals surface area contributed by atoms with Gasteiger partial charge in [0.15, 0.2) is 0 Å². The standard InChI is InChI=1S/C37H62N4O10/c1-34(2,3)48-30(43)24-40(25-31(44)49-35(4,5)6)20-18-39(23-29(42)47-22-16-28-15-13-14-17-38-28)19-21-41(26-32(45)50-36(7,8)9)27-33(46)51-37(10,11)12/h13-15,17H,16,18-27H2,1-12H3. The molecule has 1 heterocycles. The van der Waals surface area contributed by atoms with Crippen molar-refractivity contribution >= 4 is 29.8 Å². The van der Waals surface area contributed by atoms with Crippen molar-refractivity contribution in [2.75, 3.05) is 65.5 Å². The zero-order valence-corrected chi connectivity index (χ0v) is 33.0. The van der Waals surface area contributed by atoms with E-state index in [4.69, 9.17) is 23.7 Å². The Morgan fingerprint density at radius 3 is 1.16 bits per heavy atom. The van der Waals surface area contributed by atoms with Crippen LogP contribution in [0, 0.1) is 0 Å². The van der Waals surface area contributed by atoms with Crippen LogP contribution in [0.25, 0.3) is 0 Å². The van der Waals surface area contributed by atoms with E-state index in [1.807, 2.05) is 12.1 Å². The predicted octanol–water partition coefficient (Wildman–Crippen LogP) is 3.44. The normalized spacial score (nSPS) is 12.5. The van der Waals surface area contributed by atoms with Crippen molar-refractivity contribution in [3.05, 3.63) is 30.1 Å². The SMILES string of the molecule is CC(C)(C)OC(=O)CN(CCN(CCN(CC(=O)OC(C)(C)C)CC(=O)OC(C)(C)C)CC(=O)OCCc1ccccn1)CC(=O)OC(C)(C)C. The zero-order chi connectivity index (χ0) is 39.0. The highest BCUT2D eigenvalue weighted by Crippen LogP contribution is 2.12. The average molecular weight is 723 g/mol. The van der Waals surface area contributed by atoms with Crippen LogP contribution in [-0.2, 0) is 54.1 Å². The highest BCUT2D eigenvalue weighted by atomic mass is 16.6. The lowest BCUT2D eigenvalue weighted by atomic mass is 10.2. The first-order valence-corrected chi connectivity index (χ1v) is 17.4. The summed E-state index contributed by atoms with van der Waals surface area (Å²) < 4.78 is 27.5. The molecule has 51 heavy (non-hydrogen) atoms. The Balaban J connectivity index is 3.21. The molecular formula is C37H62N4O10. The van der Waals surface area contributed by atoms with Gasteiger partial charge in [-0.3, -0.25) is 43.7 Å². The number of hydrogen-bond donors (Lipinski definition) is 0. The lowest BCUT2D eigenvalue weighted by Crippen LogP contribution is -2.47. The first kappa shape index (κ1) is 45.4. The molecular weight excluding hydrogens is 660 g/mol. The Hall–Kier alpha value is -3.62. The number of aromatic nitrogens is 1. The molecule has 0 radical (unpaired) electrons. The summed E-state index contributed by atoms with van der Waals surface area (Å²) in [7, 11) is 0. The molecule has 0 aromatic carbocycles. The van der Waals surface area contributed by atoms with E-state index < -0.39 is 52.3 Å². The first-order valence-electron chi connectivity index (χ1n) is 17.4. The van der Waals surface area contributed by atoms with Gasteiger partial charge in [-0.15, -0.1) is 0 Å². The summed E-state index contributed by atoms with van der Waals surface area (Å²) in [5, 5.41) is 0. The van der Waals surface area contributed by atoms with Crippen molar-refractivity contribution in [1.82, 2.24) is 19.7 Å². The van der Waals surface area contributed by atoms with Gasteiger partial charge in [0.2, 0.25) is 0 Å². The lowest BCUT2D eigenvalue weighted by Gasteiger charge is -2.30. The predicted molar refractivity (Wildman–Crippen MR) is 192 cm³/mol. The molecule has 0 aliphatic heterocycles. The summed E-state index contributed by atoms with van der Waals surface area (Å²) in [6, 6.07) is 5.50. The Kier molecular flexibility index (Phi) is 18.2. The van der Waals surface area contributed by atoms with E-state index >= 15 is 0 Å². The number of ether oxygens (including phenoxy) is 5. The second-order valence-corrected chi connectivity index (χ2v) is 16.3. The Morgan fingerprint density at radius 2 is 0.843 bits per heavy atom. The Labute approximate surface area is 304 Å². The van der Waals surface area contributed by atoms with E-state index in [-0.39, 0.29) is 65.5 Å². The van der Waals surface area contributed by atoms with Gasteiger partial charge in [0, 0.05) is 44.5 Å². The fourth-order valence-corrected chi connectivity index (χ4v) is 4.53. The van der Waals surface area contributed by atoms with Gasteiger partial charge < -0.3 is 23.7 Å². The number of pyridine rings is 1. The first-order chi connectivity index (χ1) is 23.3. The van der Waals surface area contributed by atoms with E-state index in [1.165, 1.54) is 0 Å². The van der Waals surface area contributed by atoms with Crippen LogP contribution in [0.3, 0.4) is 0 Å². The number of rotatable bonds is 19. The van der Waals surface area contributed by atoms with Crippen LogP contribution in [0.5, 0.6) is 0 Å². The molecule has 1 aromatic heterocycles. The largest absolute Gasteiger partial charge is 0.464 e. The molecule has 0 saturated carbocycles. The lowest BCUT2D eigenvalue weighted by molar-refractivity contribution is -0.162. The van der Waals surface area contributed by atoms with Gasteiger partial charge in [0.25, 0.3) is 0 Å². The van der Waals surface area contributed by atoms with E-state index in [1.54, 1.807) is 110 Å². The zero-order valence-electron chi connectivity index (χ0n) is 33.0. The van der Waals surface area contributed by atoms with Crippen molar-refractivity contribution in [3.8, 4) is 0 Å². The molecule has 0 unspecified atom stereocenters. The Bertz CT molecular complexity index is 1130. The van der Waals surface area contributed by atoms with Crippen LogP contribution in [0.1, 0.15) is 88.8 Å². The molecule has 0 atom stereocenters. The van der Waals surface area contributed by atoms with Crippen molar-refractivity contribution in [2.24, 2.45) is 0 Å². The minimum Gasteiger partial charge on any atom is -0.464 e. The summed E-state index contributed by atoms with van der Waals surface area (Å²) in [4.78, 5) is 73.5. The minimum atomic E-state index is -0.731. The second-order valence-electron chi connectivity index (χ2n) is 16.3. The highest BCUT2D eigenvalue weighted by molar-refractivity contribution is 5.76. The molecule has 1 rings (SSSR count). The van der Waals surface area contributed by atoms with Gasteiger partial charge in [-0.05, 0) is 95.2 Å². The molecule has 0 N–H and O–H groups in total. The molecule has 14 heteroatoms. The number of carbonyl (C=O) groups excluding carboxylic acids is 5. The maximum absolute atomic E-state index is 13.1. The minimum absolute atomic E-state index is 0.122. The van der Waals surface area contributed by atoms with E-state index in [9.17, 15) is 24.0 Å². The van der Waals surface area contributed by atoms with E-state index in [0.717, 1.165) is 5.69 Å². The Morgan fingerprint density at radius 1 is 0.510 bits per heavy atom. The summed E-state index contributed by atoms with van der Waals surface area (Å²) in [6.07, 6.45) is 2.10. The summed E-state index contributed by atoms with van der Waals surface area (Å²) in [5.74, 6) is -2.58. The third kappa shape index (κ3) is 25.1. The number of esters is 5. The maximum atomic E-state index is 13.1. The van der Waals surface area contributed by atoms with Crippen LogP contribution in [0.15, 0.2) is 24.4 Å². The second kappa shape index (κ2) is 20.4. The van der Waals surface area contributed by atoms with Gasteiger partial charge in [-0.2, -0.15) is 0 Å². The number of carbonyl (C=O) groups is 5. The fourth-order valence-electron chi connectivity index (χ4n) is 4.53. The summed E-state index contributed by atoms with van der Waals surface area (Å²) in [6.45, 7) is 21.1. The van der Waals surface area contributed by atoms with Crippen LogP contribution < -0.4 is 0 Å². The van der Waals surface area contributed by atoms with E-state index in [2.05, 4.69) is 4.98 Å². The van der Waals surface area contributed by atoms with Crippen molar-refractivity contribution in [2.45, 2.75) is 112 Å². The maximum Gasteiger partial charge on any atom is 0.320 e. The molecule has 14 nitrogen and oxygen atoms in total. The molecule has 0 amide bonds. The van der Waals surface area contributed by atoms with Gasteiger partial charge in [0.1, 0.15) is 22.4 Å². The average Bonchev–Trinajstić information content (AvgIpc) is 2.90. The topological polar surface area (TPSA) is 154 Å². The van der Waals surface area contributed by atoms with Gasteiger partial charge in [0.05, 0.1) is 39.3 Å². The van der Waals surface area contributed by atoms with Crippen molar-refractivity contribution < 1.29 is 47.7 Å². The van der Waals surface area contributed by atoms with Gasteiger partial charge in [-0.25, -0.2) is 0 Å². The quantitative estimate of drug-likeness (QED) is 0.151. The molecule has 0 aliphatic carbocycles. The third-order valence-corrected chi connectivity index (χ3v) is 6.26. The molecule has 290 valence electrons. The molecule has 0 aliphatic rings. The smallest absolute Gasteiger partial charge is 0.320 e. The molecule has 0 spiro atoms. The van der Waals surface area contributed by atoms with Gasteiger partial charge >= 0.3 is 29.8 Å². The third-order valence-electron chi connectivity index (χ3n) is 6.26. The fraction of sp³-hybridized carbons (Fsp3) is 0.730. The summed E-state index contributed by atoms with van der Waals surface area (Å²) in [5.41, 5.74) is -2.14. The molecule has 0 bridgehead atoms. The van der Waals surface area contributed by atoms with Crippen LogP contribution in [-0.4, -0.2) is 137 Å². The van der Waals surface area contributed by atoms with Crippen molar-refractivity contribution in [3.63, 3.8) is 0 Å². The molecule has 1 aromatic rings. The monoisotopic (exact) mass is 722 g/mol. The van der Waals surface area contributed by atoms with E-state index in [0.29, 0.717) is 6.42 Å². The highest BCUT2D eigenvalue weighted by Gasteiger charge is 2.27. The van der Waals surface area contributed by atoms with Crippen LogP contribution >= 0.6 is 0 Å². The summed E-state index contributed by atoms with van der Waals surface area (Å²) >= 11 is 0. The number of hydrogen-bond acceptors (Lipinski definition) is 14.